The zero-order valence-electron chi connectivity index (χ0n) is 10.3. The van der Waals surface area contributed by atoms with E-state index in [0.29, 0.717) is 27.4 Å². The fourth-order valence-corrected chi connectivity index (χ4v) is 2.50. The van der Waals surface area contributed by atoms with Crippen molar-refractivity contribution in [1.82, 2.24) is 0 Å². The molecule has 1 amide bonds. The van der Waals surface area contributed by atoms with E-state index in [1.807, 2.05) is 6.92 Å². The molecule has 0 unspecified atom stereocenters. The predicted molar refractivity (Wildman–Crippen MR) is 77.2 cm³/mol. The summed E-state index contributed by atoms with van der Waals surface area (Å²) in [5.74, 6) is 0.278. The van der Waals surface area contributed by atoms with Gasteiger partial charge in [0, 0.05) is 5.02 Å². The van der Waals surface area contributed by atoms with Crippen LogP contribution >= 0.6 is 27.5 Å². The third-order valence-electron chi connectivity index (χ3n) is 2.41. The number of carbonyl (C=O) groups is 1. The van der Waals surface area contributed by atoms with Gasteiger partial charge in [0.1, 0.15) is 0 Å². The number of hydrogen-bond acceptors (Lipinski definition) is 3. The van der Waals surface area contributed by atoms with Crippen molar-refractivity contribution in [3.63, 3.8) is 0 Å². The van der Waals surface area contributed by atoms with Gasteiger partial charge in [-0.05, 0) is 34.5 Å². The fourth-order valence-electron chi connectivity index (χ4n) is 1.53. The van der Waals surface area contributed by atoms with Crippen molar-refractivity contribution in [2.45, 2.75) is 25.8 Å². The van der Waals surface area contributed by atoms with Crippen molar-refractivity contribution in [3.05, 3.63) is 21.6 Å². The third kappa shape index (κ3) is 3.86. The number of nitrogens with two attached hydrogens (primary N) is 1. The molecule has 0 bridgehead atoms. The molecule has 0 aliphatic heterocycles. The largest absolute Gasteiger partial charge is 0.493 e. The van der Waals surface area contributed by atoms with Gasteiger partial charge in [-0.1, -0.05) is 24.9 Å². The summed E-state index contributed by atoms with van der Waals surface area (Å²) >= 11 is 9.26. The van der Waals surface area contributed by atoms with Gasteiger partial charge in [0.2, 0.25) is 5.91 Å². The summed E-state index contributed by atoms with van der Waals surface area (Å²) in [5.41, 5.74) is 6.25. The molecule has 0 fully saturated rings. The molecule has 0 heterocycles. The van der Waals surface area contributed by atoms with Crippen LogP contribution in [0.2, 0.25) is 5.02 Å². The SMILES string of the molecule is CCC[C@H](N)C(=O)Nc1cc(Cl)cc(Br)c1OC. The molecule has 1 rings (SSSR count). The molecular weight excluding hydrogens is 320 g/mol. The van der Waals surface area contributed by atoms with Crippen LogP contribution in [0.5, 0.6) is 5.75 Å². The van der Waals surface area contributed by atoms with Crippen LogP contribution in [0.1, 0.15) is 19.8 Å². The van der Waals surface area contributed by atoms with E-state index < -0.39 is 6.04 Å². The molecule has 18 heavy (non-hydrogen) atoms. The number of amides is 1. The highest BCUT2D eigenvalue weighted by Gasteiger charge is 2.16. The molecule has 6 heteroatoms. The summed E-state index contributed by atoms with van der Waals surface area (Å²) in [6, 6.07) is 2.79. The lowest BCUT2D eigenvalue weighted by Crippen LogP contribution is -2.35. The number of nitrogens with one attached hydrogen (secondary N) is 1. The molecular formula is C12H16BrClN2O2. The minimum atomic E-state index is -0.530. The summed E-state index contributed by atoms with van der Waals surface area (Å²) in [7, 11) is 1.52. The van der Waals surface area contributed by atoms with Crippen LogP contribution in [0, 0.1) is 0 Å². The zero-order valence-corrected chi connectivity index (χ0v) is 12.6. The number of rotatable bonds is 5. The molecule has 0 aromatic heterocycles. The second kappa shape index (κ2) is 6.97. The Morgan fingerprint density at radius 2 is 2.28 bits per heavy atom. The van der Waals surface area contributed by atoms with Gasteiger partial charge in [0.15, 0.2) is 5.75 Å². The molecule has 1 atom stereocenters. The molecule has 0 spiro atoms. The van der Waals surface area contributed by atoms with E-state index in [2.05, 4.69) is 21.2 Å². The van der Waals surface area contributed by atoms with Crippen LogP contribution < -0.4 is 15.8 Å². The van der Waals surface area contributed by atoms with Gasteiger partial charge < -0.3 is 15.8 Å². The van der Waals surface area contributed by atoms with E-state index in [1.54, 1.807) is 12.1 Å². The Morgan fingerprint density at radius 3 is 2.83 bits per heavy atom. The van der Waals surface area contributed by atoms with E-state index in [1.165, 1.54) is 7.11 Å². The van der Waals surface area contributed by atoms with Gasteiger partial charge in [-0.25, -0.2) is 0 Å². The Hall–Kier alpha value is -0.780. The average molecular weight is 336 g/mol. The van der Waals surface area contributed by atoms with Gasteiger partial charge in [0.25, 0.3) is 0 Å². The van der Waals surface area contributed by atoms with Crippen LogP contribution in [-0.4, -0.2) is 19.1 Å². The quantitative estimate of drug-likeness (QED) is 0.868. The van der Waals surface area contributed by atoms with Crippen LogP contribution in [0.3, 0.4) is 0 Å². The van der Waals surface area contributed by atoms with E-state index >= 15 is 0 Å². The molecule has 0 saturated carbocycles. The van der Waals surface area contributed by atoms with E-state index in [0.717, 1.165) is 6.42 Å². The molecule has 1 aromatic carbocycles. The Bertz CT molecular complexity index is 440. The molecule has 0 radical (unpaired) electrons. The number of hydrogen-bond donors (Lipinski definition) is 2. The first-order valence-corrected chi connectivity index (χ1v) is 6.76. The van der Waals surface area contributed by atoms with E-state index in [-0.39, 0.29) is 5.91 Å². The first-order chi connectivity index (χ1) is 8.49. The van der Waals surface area contributed by atoms with Crippen molar-refractivity contribution < 1.29 is 9.53 Å². The maximum atomic E-state index is 11.8. The monoisotopic (exact) mass is 334 g/mol. The van der Waals surface area contributed by atoms with Crippen LogP contribution in [0.15, 0.2) is 16.6 Å². The number of carbonyl (C=O) groups excluding carboxylic acids is 1. The summed E-state index contributed by atoms with van der Waals surface area (Å²) < 4.78 is 5.89. The van der Waals surface area contributed by atoms with Gasteiger partial charge >= 0.3 is 0 Å². The first-order valence-electron chi connectivity index (χ1n) is 5.59. The third-order valence-corrected chi connectivity index (χ3v) is 3.21. The van der Waals surface area contributed by atoms with Crippen LogP contribution in [0.25, 0.3) is 0 Å². The highest BCUT2D eigenvalue weighted by Crippen LogP contribution is 2.36. The van der Waals surface area contributed by atoms with Crippen LogP contribution in [-0.2, 0) is 4.79 Å². The van der Waals surface area contributed by atoms with E-state index in [4.69, 9.17) is 22.1 Å². The normalized spacial score (nSPS) is 12.1. The van der Waals surface area contributed by atoms with E-state index in [9.17, 15) is 4.79 Å². The zero-order chi connectivity index (χ0) is 13.7. The molecule has 0 saturated heterocycles. The Balaban J connectivity index is 2.93. The van der Waals surface area contributed by atoms with Gasteiger partial charge in [-0.15, -0.1) is 0 Å². The minimum Gasteiger partial charge on any atom is -0.493 e. The second-order valence-electron chi connectivity index (χ2n) is 3.85. The number of halogens is 2. The Morgan fingerprint density at radius 1 is 1.61 bits per heavy atom. The molecule has 0 aliphatic carbocycles. The van der Waals surface area contributed by atoms with Crippen molar-refractivity contribution in [2.75, 3.05) is 12.4 Å². The summed E-state index contributed by atoms with van der Waals surface area (Å²) in [6.45, 7) is 1.98. The second-order valence-corrected chi connectivity index (χ2v) is 5.14. The van der Waals surface area contributed by atoms with Crippen molar-refractivity contribution >= 4 is 39.1 Å². The van der Waals surface area contributed by atoms with Crippen LogP contribution in [0.4, 0.5) is 5.69 Å². The van der Waals surface area contributed by atoms with Crippen molar-refractivity contribution in [2.24, 2.45) is 5.73 Å². The highest BCUT2D eigenvalue weighted by molar-refractivity contribution is 9.10. The lowest BCUT2D eigenvalue weighted by Gasteiger charge is -2.15. The van der Waals surface area contributed by atoms with Gasteiger partial charge in [0.05, 0.1) is 23.3 Å². The molecule has 4 nitrogen and oxygen atoms in total. The average Bonchev–Trinajstić information content (AvgIpc) is 2.28. The Kier molecular flexibility index (Phi) is 5.91. The molecule has 100 valence electrons. The standard InChI is InChI=1S/C12H16BrClN2O2/c1-3-4-9(15)12(17)16-10-6-7(14)5-8(13)11(10)18-2/h5-6,9H,3-4,15H2,1-2H3,(H,16,17)/t9-/m0/s1. The van der Waals surface area contributed by atoms with Gasteiger partial charge in [-0.2, -0.15) is 0 Å². The first kappa shape index (κ1) is 15.3. The summed E-state index contributed by atoms with van der Waals surface area (Å²) in [6.07, 6.45) is 1.49. The minimum absolute atomic E-state index is 0.246. The smallest absolute Gasteiger partial charge is 0.241 e. The summed E-state index contributed by atoms with van der Waals surface area (Å²) in [4.78, 5) is 11.8. The topological polar surface area (TPSA) is 64.4 Å². The molecule has 0 aliphatic rings. The highest BCUT2D eigenvalue weighted by atomic mass is 79.9. The van der Waals surface area contributed by atoms with Gasteiger partial charge in [-0.3, -0.25) is 4.79 Å². The number of methoxy groups -OCH3 is 1. The molecule has 1 aromatic rings. The Labute approximate surface area is 120 Å². The molecule has 3 N–H and O–H groups in total. The number of anilines is 1. The number of benzene rings is 1. The van der Waals surface area contributed by atoms with Crippen molar-refractivity contribution in [1.29, 1.82) is 0 Å². The van der Waals surface area contributed by atoms with Crippen molar-refractivity contribution in [3.8, 4) is 5.75 Å². The maximum absolute atomic E-state index is 11.8. The maximum Gasteiger partial charge on any atom is 0.241 e. The lowest BCUT2D eigenvalue weighted by molar-refractivity contribution is -0.117. The fraction of sp³-hybridized carbons (Fsp3) is 0.417. The summed E-state index contributed by atoms with van der Waals surface area (Å²) in [5, 5.41) is 3.23. The predicted octanol–water partition coefficient (Wildman–Crippen LogP) is 3.18. The number of ether oxygens (including phenoxy) is 1. The lowest BCUT2D eigenvalue weighted by atomic mass is 10.1.